The Kier molecular flexibility index (Phi) is 3.86. The van der Waals surface area contributed by atoms with Crippen LogP contribution in [0.2, 0.25) is 0 Å². The molecule has 0 aliphatic heterocycles. The van der Waals surface area contributed by atoms with E-state index in [-0.39, 0.29) is 0 Å². The third kappa shape index (κ3) is 3.13. The van der Waals surface area contributed by atoms with E-state index < -0.39 is 0 Å². The smallest absolute Gasteiger partial charge is 0.147 e. The van der Waals surface area contributed by atoms with E-state index in [1.165, 1.54) is 0 Å². The van der Waals surface area contributed by atoms with Crippen molar-refractivity contribution in [2.24, 2.45) is 0 Å². The number of pyridine rings is 1. The van der Waals surface area contributed by atoms with Gasteiger partial charge in [-0.15, -0.1) is 0 Å². The highest BCUT2D eigenvalue weighted by Crippen LogP contribution is 2.18. The van der Waals surface area contributed by atoms with Crippen molar-refractivity contribution in [3.8, 4) is 0 Å². The molecule has 3 rings (SSSR count). The van der Waals surface area contributed by atoms with Crippen molar-refractivity contribution in [1.29, 1.82) is 0 Å². The first kappa shape index (κ1) is 14.2. The van der Waals surface area contributed by atoms with Crippen molar-refractivity contribution in [2.45, 2.75) is 6.92 Å². The molecule has 8 heteroatoms. The quantitative estimate of drug-likeness (QED) is 0.617. The van der Waals surface area contributed by atoms with E-state index in [0.717, 1.165) is 17.2 Å². The topological polar surface area (TPSA) is 82.4 Å². The molecule has 0 aromatic carbocycles. The standard InChI is InChI=1S/C14H18N8/c1-10-17-12(9-13(18-10)20-21(3)15-2)19-11-4-6-22-7-5-16-14(22)8-11/h4-9,15H,1-3H3,(H2,17,18,19,20). The predicted molar refractivity (Wildman–Crippen MR) is 85.7 cm³/mol. The lowest BCUT2D eigenvalue weighted by molar-refractivity contribution is 0.316. The molecule has 3 aromatic rings. The molecule has 114 valence electrons. The zero-order chi connectivity index (χ0) is 15.5. The monoisotopic (exact) mass is 298 g/mol. The van der Waals surface area contributed by atoms with Crippen LogP contribution in [0.5, 0.6) is 0 Å². The Hall–Kier alpha value is -2.71. The number of nitrogens with one attached hydrogen (secondary N) is 3. The molecule has 3 heterocycles. The highest BCUT2D eigenvalue weighted by atomic mass is 15.7. The van der Waals surface area contributed by atoms with Crippen LogP contribution in [0, 0.1) is 6.92 Å². The number of fused-ring (bicyclic) bond motifs is 1. The molecule has 0 saturated heterocycles. The summed E-state index contributed by atoms with van der Waals surface area (Å²) in [5, 5.41) is 4.99. The van der Waals surface area contributed by atoms with Crippen LogP contribution in [0.3, 0.4) is 0 Å². The van der Waals surface area contributed by atoms with Gasteiger partial charge in [0.05, 0.1) is 0 Å². The van der Waals surface area contributed by atoms with Crippen molar-refractivity contribution in [1.82, 2.24) is 29.9 Å². The SMILES string of the molecule is CNN(C)Nc1cc(Nc2ccn3ccnc3c2)nc(C)n1. The Morgan fingerprint density at radius 3 is 2.77 bits per heavy atom. The fourth-order valence-corrected chi connectivity index (χ4v) is 2.05. The number of anilines is 3. The lowest BCUT2D eigenvalue weighted by Gasteiger charge is -2.17. The normalized spacial score (nSPS) is 11.1. The second-order valence-electron chi connectivity index (χ2n) is 4.81. The average molecular weight is 298 g/mol. The van der Waals surface area contributed by atoms with E-state index >= 15 is 0 Å². The molecule has 0 amide bonds. The summed E-state index contributed by atoms with van der Waals surface area (Å²) in [5.41, 5.74) is 7.85. The molecule has 0 aliphatic carbocycles. The second-order valence-corrected chi connectivity index (χ2v) is 4.81. The lowest BCUT2D eigenvalue weighted by atomic mass is 10.4. The highest BCUT2D eigenvalue weighted by molar-refractivity contribution is 5.63. The van der Waals surface area contributed by atoms with Gasteiger partial charge in [-0.2, -0.15) is 5.12 Å². The van der Waals surface area contributed by atoms with Gasteiger partial charge < -0.3 is 9.72 Å². The van der Waals surface area contributed by atoms with Gasteiger partial charge in [-0.3, -0.25) is 5.43 Å². The predicted octanol–water partition coefficient (Wildman–Crippen LogP) is 1.57. The number of hydrogen-bond donors (Lipinski definition) is 3. The number of aryl methyl sites for hydroxylation is 1. The minimum atomic E-state index is 0.680. The van der Waals surface area contributed by atoms with E-state index in [4.69, 9.17) is 0 Å². The summed E-state index contributed by atoms with van der Waals surface area (Å²) in [4.78, 5) is 13.0. The number of nitrogens with zero attached hydrogens (tertiary/aromatic N) is 5. The van der Waals surface area contributed by atoms with Crippen molar-refractivity contribution >= 4 is 23.0 Å². The van der Waals surface area contributed by atoms with Gasteiger partial charge in [0, 0.05) is 50.5 Å². The summed E-state index contributed by atoms with van der Waals surface area (Å²) >= 11 is 0. The van der Waals surface area contributed by atoms with E-state index in [2.05, 4.69) is 31.1 Å². The van der Waals surface area contributed by atoms with Gasteiger partial charge in [0.25, 0.3) is 0 Å². The lowest BCUT2D eigenvalue weighted by Crippen LogP contribution is -2.36. The molecular formula is C14H18N8. The molecule has 0 bridgehead atoms. The number of aromatic nitrogens is 4. The van der Waals surface area contributed by atoms with Crippen molar-refractivity contribution in [3.63, 3.8) is 0 Å². The zero-order valence-corrected chi connectivity index (χ0v) is 12.7. The van der Waals surface area contributed by atoms with Gasteiger partial charge in [0.1, 0.15) is 23.1 Å². The Labute approximate surface area is 128 Å². The molecule has 22 heavy (non-hydrogen) atoms. The average Bonchev–Trinajstić information content (AvgIpc) is 2.94. The summed E-state index contributed by atoms with van der Waals surface area (Å²) in [6.07, 6.45) is 5.62. The molecular weight excluding hydrogens is 280 g/mol. The molecule has 8 nitrogen and oxygen atoms in total. The molecule has 0 atom stereocenters. The number of hydrazine groups is 2. The minimum absolute atomic E-state index is 0.680. The summed E-state index contributed by atoms with van der Waals surface area (Å²) in [6, 6.07) is 5.78. The van der Waals surface area contributed by atoms with Crippen LogP contribution in [-0.2, 0) is 0 Å². The van der Waals surface area contributed by atoms with Crippen molar-refractivity contribution in [2.75, 3.05) is 24.8 Å². The number of hydrogen-bond acceptors (Lipinski definition) is 7. The highest BCUT2D eigenvalue weighted by Gasteiger charge is 2.05. The fraction of sp³-hybridized carbons (Fsp3) is 0.214. The molecule has 0 radical (unpaired) electrons. The Morgan fingerprint density at radius 1 is 1.14 bits per heavy atom. The van der Waals surface area contributed by atoms with Gasteiger partial charge in [0.15, 0.2) is 0 Å². The van der Waals surface area contributed by atoms with Crippen LogP contribution in [0.4, 0.5) is 17.3 Å². The molecule has 0 saturated carbocycles. The van der Waals surface area contributed by atoms with Gasteiger partial charge in [-0.05, 0) is 13.0 Å². The Bertz CT molecular complexity index is 781. The molecule has 0 unspecified atom stereocenters. The molecule has 3 aromatic heterocycles. The van der Waals surface area contributed by atoms with E-state index in [9.17, 15) is 0 Å². The molecule has 0 fully saturated rings. The van der Waals surface area contributed by atoms with Gasteiger partial charge in [-0.1, -0.05) is 0 Å². The maximum atomic E-state index is 4.40. The third-order valence-corrected chi connectivity index (χ3v) is 3.13. The largest absolute Gasteiger partial charge is 0.340 e. The fourth-order valence-electron chi connectivity index (χ4n) is 2.05. The van der Waals surface area contributed by atoms with Crippen molar-refractivity contribution in [3.05, 3.63) is 42.6 Å². The first-order valence-corrected chi connectivity index (χ1v) is 6.87. The van der Waals surface area contributed by atoms with Crippen LogP contribution in [-0.4, -0.2) is 38.6 Å². The van der Waals surface area contributed by atoms with Crippen LogP contribution in [0.1, 0.15) is 5.82 Å². The van der Waals surface area contributed by atoms with E-state index in [0.29, 0.717) is 11.6 Å². The second kappa shape index (κ2) is 5.96. The van der Waals surface area contributed by atoms with Crippen molar-refractivity contribution < 1.29 is 0 Å². The van der Waals surface area contributed by atoms with E-state index in [1.54, 1.807) is 11.3 Å². The first-order chi connectivity index (χ1) is 10.6. The van der Waals surface area contributed by atoms with Crippen LogP contribution < -0.4 is 16.2 Å². The summed E-state index contributed by atoms with van der Waals surface area (Å²) in [7, 11) is 3.68. The van der Waals surface area contributed by atoms with Gasteiger partial charge >= 0.3 is 0 Å². The van der Waals surface area contributed by atoms with Crippen LogP contribution >= 0.6 is 0 Å². The first-order valence-electron chi connectivity index (χ1n) is 6.87. The maximum absolute atomic E-state index is 4.40. The molecule has 3 N–H and O–H groups in total. The Balaban J connectivity index is 1.84. The molecule has 0 aliphatic rings. The maximum Gasteiger partial charge on any atom is 0.147 e. The molecule has 0 spiro atoms. The van der Waals surface area contributed by atoms with E-state index in [1.807, 2.05) is 56.0 Å². The van der Waals surface area contributed by atoms with Gasteiger partial charge in [-0.25, -0.2) is 20.4 Å². The van der Waals surface area contributed by atoms with Crippen LogP contribution in [0.15, 0.2) is 36.8 Å². The van der Waals surface area contributed by atoms with Crippen LogP contribution in [0.25, 0.3) is 5.65 Å². The summed E-state index contributed by atoms with van der Waals surface area (Å²) in [6.45, 7) is 1.85. The minimum Gasteiger partial charge on any atom is -0.340 e. The summed E-state index contributed by atoms with van der Waals surface area (Å²) in [5.74, 6) is 2.10. The third-order valence-electron chi connectivity index (χ3n) is 3.13. The van der Waals surface area contributed by atoms with Gasteiger partial charge in [0.2, 0.25) is 0 Å². The zero-order valence-electron chi connectivity index (χ0n) is 12.7. The number of rotatable bonds is 5. The Morgan fingerprint density at radius 2 is 1.95 bits per heavy atom. The number of imidazole rings is 1. The summed E-state index contributed by atoms with van der Waals surface area (Å²) < 4.78 is 1.95.